The lowest BCUT2D eigenvalue weighted by Crippen LogP contribution is -2.27. The molecule has 1 N–H and O–H groups in total. The van der Waals surface area contributed by atoms with Crippen LogP contribution in [-0.4, -0.2) is 44.9 Å². The van der Waals surface area contributed by atoms with Crippen LogP contribution >= 0.6 is 11.3 Å². The fraction of sp³-hybridized carbons (Fsp3) is 0.533. The van der Waals surface area contributed by atoms with Crippen molar-refractivity contribution in [2.45, 2.75) is 32.1 Å². The van der Waals surface area contributed by atoms with E-state index in [4.69, 9.17) is 4.63 Å². The lowest BCUT2D eigenvalue weighted by molar-refractivity contribution is 0.314. The van der Waals surface area contributed by atoms with E-state index in [0.717, 1.165) is 43.4 Å². The molecule has 1 aliphatic heterocycles. The Balaban J connectivity index is 1.57. The van der Waals surface area contributed by atoms with E-state index in [1.54, 1.807) is 11.3 Å². The van der Waals surface area contributed by atoms with E-state index in [0.29, 0.717) is 11.3 Å². The van der Waals surface area contributed by atoms with Crippen LogP contribution in [0.4, 0.5) is 11.6 Å². The van der Waals surface area contributed by atoms with Gasteiger partial charge in [0.1, 0.15) is 0 Å². The van der Waals surface area contributed by atoms with Crippen molar-refractivity contribution in [3.05, 3.63) is 16.6 Å². The summed E-state index contributed by atoms with van der Waals surface area (Å²) in [5.74, 6) is 1.59. The molecule has 0 bridgehead atoms. The van der Waals surface area contributed by atoms with Gasteiger partial charge in [0.15, 0.2) is 11.6 Å². The van der Waals surface area contributed by atoms with E-state index in [-0.39, 0.29) is 0 Å². The average Bonchev–Trinajstić information content (AvgIpc) is 3.20. The summed E-state index contributed by atoms with van der Waals surface area (Å²) in [6, 6.07) is 0. The third-order valence-electron chi connectivity index (χ3n) is 4.16. The second kappa shape index (κ2) is 7.08. The molecule has 8 nitrogen and oxygen atoms in total. The number of nitrogens with zero attached hydrogens (tertiary/aromatic N) is 6. The lowest BCUT2D eigenvalue weighted by Gasteiger charge is -2.23. The van der Waals surface area contributed by atoms with Crippen LogP contribution in [0.3, 0.4) is 0 Å². The molecule has 126 valence electrons. The highest BCUT2D eigenvalue weighted by atomic mass is 32.1. The standard InChI is InChI=1S/C15H19N7OS/c1-2-4-8-22(7-3-1)15-14(16-6-5-11-9-24-10-17-11)18-12-13(19-15)21-23-20-12/h9-10H,1-8H2,(H,16,18,20). The van der Waals surface area contributed by atoms with E-state index in [9.17, 15) is 0 Å². The first-order valence-electron chi connectivity index (χ1n) is 8.26. The minimum atomic E-state index is 0.435. The molecular formula is C15H19N7OS. The van der Waals surface area contributed by atoms with Crippen LogP contribution in [0.25, 0.3) is 11.3 Å². The van der Waals surface area contributed by atoms with E-state index in [1.807, 2.05) is 5.51 Å². The summed E-state index contributed by atoms with van der Waals surface area (Å²) in [5, 5.41) is 13.1. The quantitative estimate of drug-likeness (QED) is 0.754. The van der Waals surface area contributed by atoms with Gasteiger partial charge < -0.3 is 10.2 Å². The fourth-order valence-corrected chi connectivity index (χ4v) is 3.51. The lowest BCUT2D eigenvalue weighted by atomic mass is 10.2. The van der Waals surface area contributed by atoms with Crippen molar-refractivity contribution in [2.24, 2.45) is 0 Å². The molecule has 3 aromatic rings. The van der Waals surface area contributed by atoms with Crippen molar-refractivity contribution in [3.8, 4) is 0 Å². The first-order chi connectivity index (χ1) is 11.9. The normalized spacial score (nSPS) is 15.6. The van der Waals surface area contributed by atoms with Crippen LogP contribution in [0.15, 0.2) is 15.5 Å². The number of fused-ring (bicyclic) bond motifs is 1. The molecule has 0 radical (unpaired) electrons. The maximum atomic E-state index is 4.77. The van der Waals surface area contributed by atoms with Crippen LogP contribution < -0.4 is 10.2 Å². The minimum Gasteiger partial charge on any atom is -0.367 e. The molecular weight excluding hydrogens is 326 g/mol. The van der Waals surface area contributed by atoms with E-state index >= 15 is 0 Å². The van der Waals surface area contributed by atoms with Crippen molar-refractivity contribution >= 4 is 34.3 Å². The fourth-order valence-electron chi connectivity index (χ4n) is 2.92. The highest BCUT2D eigenvalue weighted by Gasteiger charge is 2.19. The number of nitrogens with one attached hydrogen (secondary N) is 1. The van der Waals surface area contributed by atoms with Crippen LogP contribution in [-0.2, 0) is 6.42 Å². The molecule has 0 aromatic carbocycles. The highest BCUT2D eigenvalue weighted by molar-refractivity contribution is 7.07. The third kappa shape index (κ3) is 3.30. The van der Waals surface area contributed by atoms with Gasteiger partial charge in [-0.05, 0) is 23.2 Å². The maximum Gasteiger partial charge on any atom is 0.245 e. The number of hydrogen-bond donors (Lipinski definition) is 1. The number of aromatic nitrogens is 5. The van der Waals surface area contributed by atoms with E-state index in [2.05, 4.69) is 40.9 Å². The molecule has 3 aromatic heterocycles. The second-order valence-electron chi connectivity index (χ2n) is 5.87. The van der Waals surface area contributed by atoms with Crippen molar-refractivity contribution in [2.75, 3.05) is 29.9 Å². The molecule has 1 saturated heterocycles. The van der Waals surface area contributed by atoms with Crippen molar-refractivity contribution in [1.29, 1.82) is 0 Å². The van der Waals surface area contributed by atoms with Gasteiger partial charge in [-0.25, -0.2) is 19.6 Å². The van der Waals surface area contributed by atoms with Gasteiger partial charge in [-0.1, -0.05) is 12.8 Å². The van der Waals surface area contributed by atoms with Crippen LogP contribution in [0, 0.1) is 0 Å². The van der Waals surface area contributed by atoms with Gasteiger partial charge in [-0.2, -0.15) is 0 Å². The Labute approximate surface area is 143 Å². The number of rotatable bonds is 5. The number of thiazole rings is 1. The highest BCUT2D eigenvalue weighted by Crippen LogP contribution is 2.26. The van der Waals surface area contributed by atoms with Crippen molar-refractivity contribution in [3.63, 3.8) is 0 Å². The Morgan fingerprint density at radius 1 is 1.08 bits per heavy atom. The zero-order valence-electron chi connectivity index (χ0n) is 13.3. The Kier molecular flexibility index (Phi) is 4.50. The van der Waals surface area contributed by atoms with E-state index in [1.165, 1.54) is 25.7 Å². The summed E-state index contributed by atoms with van der Waals surface area (Å²) in [5.41, 5.74) is 3.83. The van der Waals surface area contributed by atoms with Gasteiger partial charge in [0.05, 0.1) is 11.2 Å². The molecule has 1 fully saturated rings. The van der Waals surface area contributed by atoms with Gasteiger partial charge in [0.2, 0.25) is 11.3 Å². The monoisotopic (exact) mass is 345 g/mol. The van der Waals surface area contributed by atoms with Crippen molar-refractivity contribution in [1.82, 2.24) is 25.3 Å². The molecule has 0 atom stereocenters. The molecule has 0 aliphatic carbocycles. The molecule has 0 unspecified atom stereocenters. The molecule has 0 saturated carbocycles. The average molecular weight is 345 g/mol. The van der Waals surface area contributed by atoms with Gasteiger partial charge in [0.25, 0.3) is 0 Å². The Morgan fingerprint density at radius 3 is 2.62 bits per heavy atom. The first kappa shape index (κ1) is 15.3. The smallest absolute Gasteiger partial charge is 0.245 e. The van der Waals surface area contributed by atoms with Gasteiger partial charge >= 0.3 is 0 Å². The third-order valence-corrected chi connectivity index (χ3v) is 4.79. The predicted octanol–water partition coefficient (Wildman–Crippen LogP) is 2.50. The van der Waals surface area contributed by atoms with Crippen LogP contribution in [0.2, 0.25) is 0 Å². The molecule has 24 heavy (non-hydrogen) atoms. The van der Waals surface area contributed by atoms with E-state index < -0.39 is 0 Å². The van der Waals surface area contributed by atoms with Crippen LogP contribution in [0.1, 0.15) is 31.4 Å². The SMILES string of the molecule is c1nc(CCNc2nc3nonc3nc2N2CCCCCC2)cs1. The first-order valence-corrected chi connectivity index (χ1v) is 9.20. The van der Waals surface area contributed by atoms with Crippen molar-refractivity contribution < 1.29 is 4.63 Å². The van der Waals surface area contributed by atoms with Crippen LogP contribution in [0.5, 0.6) is 0 Å². The van der Waals surface area contributed by atoms with Gasteiger partial charge in [0, 0.05) is 31.4 Å². The minimum absolute atomic E-state index is 0.435. The molecule has 0 spiro atoms. The predicted molar refractivity (Wildman–Crippen MR) is 92.4 cm³/mol. The summed E-state index contributed by atoms with van der Waals surface area (Å²) < 4.78 is 4.77. The number of anilines is 2. The van der Waals surface area contributed by atoms with Gasteiger partial charge in [-0.15, -0.1) is 11.3 Å². The topological polar surface area (TPSA) is 92.9 Å². The largest absolute Gasteiger partial charge is 0.367 e. The molecule has 1 aliphatic rings. The molecule has 9 heteroatoms. The second-order valence-corrected chi connectivity index (χ2v) is 6.58. The number of hydrogen-bond acceptors (Lipinski definition) is 9. The summed E-state index contributed by atoms with van der Waals surface area (Å²) >= 11 is 1.61. The Bertz CT molecular complexity index is 780. The maximum absolute atomic E-state index is 4.77. The zero-order chi connectivity index (χ0) is 16.2. The summed E-state index contributed by atoms with van der Waals surface area (Å²) in [7, 11) is 0. The summed E-state index contributed by atoms with van der Waals surface area (Å²) in [6.45, 7) is 2.73. The molecule has 4 rings (SSSR count). The summed E-state index contributed by atoms with van der Waals surface area (Å²) in [6.07, 6.45) is 5.73. The molecule has 4 heterocycles. The van der Waals surface area contributed by atoms with Gasteiger partial charge in [-0.3, -0.25) is 0 Å². The Morgan fingerprint density at radius 2 is 1.88 bits per heavy atom. The zero-order valence-corrected chi connectivity index (χ0v) is 14.1. The Hall–Kier alpha value is -2.29. The molecule has 0 amide bonds. The summed E-state index contributed by atoms with van der Waals surface area (Å²) in [4.78, 5) is 15.8.